The van der Waals surface area contributed by atoms with E-state index in [0.717, 1.165) is 17.7 Å². The minimum atomic E-state index is -3.37. The number of hydrogen-bond donors (Lipinski definition) is 0. The zero-order chi connectivity index (χ0) is 18.2. The summed E-state index contributed by atoms with van der Waals surface area (Å²) in [6, 6.07) is 18.9. The van der Waals surface area contributed by atoms with E-state index in [0.29, 0.717) is 26.1 Å². The summed E-state index contributed by atoms with van der Waals surface area (Å²) in [6.07, 6.45) is 1.15. The number of para-hydroxylation sites is 1. The van der Waals surface area contributed by atoms with Crippen LogP contribution in [-0.4, -0.2) is 38.3 Å². The SMILES string of the molecule is O=C1CC2(CCN(S(=O)(=O)Cc3ccccc3)C2)CN1c1ccccc1. The van der Waals surface area contributed by atoms with Gasteiger partial charge in [-0.15, -0.1) is 0 Å². The van der Waals surface area contributed by atoms with E-state index in [-0.39, 0.29) is 17.1 Å². The summed E-state index contributed by atoms with van der Waals surface area (Å²) < 4.78 is 27.2. The Morgan fingerprint density at radius 3 is 2.27 bits per heavy atom. The van der Waals surface area contributed by atoms with Gasteiger partial charge in [-0.3, -0.25) is 4.79 Å². The molecule has 1 amide bonds. The molecule has 2 aromatic rings. The fourth-order valence-electron chi connectivity index (χ4n) is 4.02. The van der Waals surface area contributed by atoms with Crippen molar-refractivity contribution in [1.29, 1.82) is 0 Å². The number of nitrogens with zero attached hydrogens (tertiary/aromatic N) is 2. The Morgan fingerprint density at radius 1 is 0.923 bits per heavy atom. The minimum Gasteiger partial charge on any atom is -0.312 e. The first-order chi connectivity index (χ1) is 12.5. The molecule has 2 aliphatic heterocycles. The largest absolute Gasteiger partial charge is 0.312 e. The Bertz CT molecular complexity index is 899. The number of amides is 1. The summed E-state index contributed by atoms with van der Waals surface area (Å²) in [6.45, 7) is 1.51. The third-order valence-electron chi connectivity index (χ3n) is 5.38. The Kier molecular flexibility index (Phi) is 4.32. The highest BCUT2D eigenvalue weighted by Gasteiger charge is 2.50. The van der Waals surface area contributed by atoms with Crippen LogP contribution in [-0.2, 0) is 20.6 Å². The molecule has 1 unspecified atom stereocenters. The molecule has 1 spiro atoms. The lowest BCUT2D eigenvalue weighted by atomic mass is 9.86. The van der Waals surface area contributed by atoms with E-state index in [1.165, 1.54) is 0 Å². The van der Waals surface area contributed by atoms with Crippen molar-refractivity contribution in [3.8, 4) is 0 Å². The van der Waals surface area contributed by atoms with Crippen LogP contribution in [0, 0.1) is 5.41 Å². The lowest BCUT2D eigenvalue weighted by Gasteiger charge is -2.24. The van der Waals surface area contributed by atoms with Gasteiger partial charge in [-0.1, -0.05) is 48.5 Å². The molecule has 2 fully saturated rings. The van der Waals surface area contributed by atoms with Crippen LogP contribution in [0.25, 0.3) is 0 Å². The summed E-state index contributed by atoms with van der Waals surface area (Å²) in [5, 5.41) is 0. The Balaban J connectivity index is 1.49. The third-order valence-corrected chi connectivity index (χ3v) is 7.17. The van der Waals surface area contributed by atoms with Crippen molar-refractivity contribution in [3.05, 3.63) is 66.2 Å². The van der Waals surface area contributed by atoms with Crippen molar-refractivity contribution < 1.29 is 13.2 Å². The molecule has 2 saturated heterocycles. The van der Waals surface area contributed by atoms with Gasteiger partial charge in [-0.25, -0.2) is 12.7 Å². The maximum atomic E-state index is 12.8. The number of hydrogen-bond acceptors (Lipinski definition) is 3. The van der Waals surface area contributed by atoms with Gasteiger partial charge < -0.3 is 4.90 Å². The number of carbonyl (C=O) groups is 1. The fraction of sp³-hybridized carbons (Fsp3) is 0.350. The molecule has 6 heteroatoms. The summed E-state index contributed by atoms with van der Waals surface area (Å²) in [5.74, 6) is 0.0961. The number of benzene rings is 2. The molecule has 1 atom stereocenters. The maximum absolute atomic E-state index is 12.8. The van der Waals surface area contributed by atoms with Gasteiger partial charge in [0.1, 0.15) is 0 Å². The van der Waals surface area contributed by atoms with E-state index in [1.807, 2.05) is 60.7 Å². The molecule has 5 nitrogen and oxygen atoms in total. The van der Waals surface area contributed by atoms with Crippen LogP contribution in [0.15, 0.2) is 60.7 Å². The molecule has 2 heterocycles. The van der Waals surface area contributed by atoms with Crippen molar-refractivity contribution in [2.24, 2.45) is 5.41 Å². The van der Waals surface area contributed by atoms with Crippen molar-refractivity contribution >= 4 is 21.6 Å². The second-order valence-electron chi connectivity index (χ2n) is 7.32. The highest BCUT2D eigenvalue weighted by molar-refractivity contribution is 7.88. The van der Waals surface area contributed by atoms with Crippen LogP contribution < -0.4 is 4.90 Å². The number of sulfonamides is 1. The number of rotatable bonds is 4. The average molecular weight is 370 g/mol. The van der Waals surface area contributed by atoms with Crippen molar-refractivity contribution in [3.63, 3.8) is 0 Å². The molecule has 26 heavy (non-hydrogen) atoms. The molecule has 0 saturated carbocycles. The molecule has 136 valence electrons. The molecule has 0 bridgehead atoms. The van der Waals surface area contributed by atoms with Crippen LogP contribution in [0.3, 0.4) is 0 Å². The summed E-state index contributed by atoms with van der Waals surface area (Å²) in [5.41, 5.74) is 1.42. The van der Waals surface area contributed by atoms with Crippen molar-refractivity contribution in [1.82, 2.24) is 4.31 Å². The smallest absolute Gasteiger partial charge is 0.227 e. The van der Waals surface area contributed by atoms with Gasteiger partial charge in [-0.2, -0.15) is 0 Å². The predicted octanol–water partition coefficient (Wildman–Crippen LogP) is 2.65. The van der Waals surface area contributed by atoms with Gasteiger partial charge >= 0.3 is 0 Å². The molecule has 0 aliphatic carbocycles. The number of carbonyl (C=O) groups excluding carboxylic acids is 1. The molecule has 2 aromatic carbocycles. The van der Waals surface area contributed by atoms with Gasteiger partial charge in [0.25, 0.3) is 0 Å². The first-order valence-electron chi connectivity index (χ1n) is 8.85. The highest BCUT2D eigenvalue weighted by atomic mass is 32.2. The van der Waals surface area contributed by atoms with Gasteiger partial charge in [0.2, 0.25) is 15.9 Å². The Morgan fingerprint density at radius 2 is 1.58 bits per heavy atom. The second-order valence-corrected chi connectivity index (χ2v) is 9.29. The van der Waals surface area contributed by atoms with Crippen LogP contribution in [0.5, 0.6) is 0 Å². The van der Waals surface area contributed by atoms with Gasteiger partial charge in [-0.05, 0) is 24.1 Å². The molecule has 2 aliphatic rings. The quantitative estimate of drug-likeness (QED) is 0.831. The highest BCUT2D eigenvalue weighted by Crippen LogP contribution is 2.42. The van der Waals surface area contributed by atoms with Crippen LogP contribution in [0.2, 0.25) is 0 Å². The lowest BCUT2D eigenvalue weighted by Crippen LogP contribution is -2.34. The van der Waals surface area contributed by atoms with E-state index in [2.05, 4.69) is 0 Å². The summed E-state index contributed by atoms with van der Waals surface area (Å²) >= 11 is 0. The lowest BCUT2D eigenvalue weighted by molar-refractivity contribution is -0.117. The molecular weight excluding hydrogens is 348 g/mol. The predicted molar refractivity (Wildman–Crippen MR) is 101 cm³/mol. The topological polar surface area (TPSA) is 57.7 Å². The van der Waals surface area contributed by atoms with E-state index >= 15 is 0 Å². The standard InChI is InChI=1S/C20H22N2O3S/c23-19-13-20(16-22(19)18-9-5-2-6-10-18)11-12-21(15-20)26(24,25)14-17-7-3-1-4-8-17/h1-10H,11-16H2. The van der Waals surface area contributed by atoms with E-state index in [9.17, 15) is 13.2 Å². The van der Waals surface area contributed by atoms with Crippen LogP contribution in [0.1, 0.15) is 18.4 Å². The Hall–Kier alpha value is -2.18. The van der Waals surface area contributed by atoms with Crippen molar-refractivity contribution in [2.45, 2.75) is 18.6 Å². The van der Waals surface area contributed by atoms with Crippen molar-refractivity contribution in [2.75, 3.05) is 24.5 Å². The maximum Gasteiger partial charge on any atom is 0.227 e. The zero-order valence-electron chi connectivity index (χ0n) is 14.5. The second kappa shape index (κ2) is 6.52. The first kappa shape index (κ1) is 17.2. The first-order valence-corrected chi connectivity index (χ1v) is 10.5. The Labute approximate surface area is 154 Å². The van der Waals surface area contributed by atoms with Crippen LogP contribution >= 0.6 is 0 Å². The van der Waals surface area contributed by atoms with Gasteiger partial charge in [0, 0.05) is 37.2 Å². The molecular formula is C20H22N2O3S. The molecule has 4 rings (SSSR count). The average Bonchev–Trinajstić information content (AvgIpc) is 3.20. The molecule has 0 N–H and O–H groups in total. The fourth-order valence-corrected chi connectivity index (χ4v) is 5.66. The van der Waals surface area contributed by atoms with E-state index in [1.54, 1.807) is 9.21 Å². The van der Waals surface area contributed by atoms with Crippen LogP contribution in [0.4, 0.5) is 5.69 Å². The molecule has 0 radical (unpaired) electrons. The number of anilines is 1. The minimum absolute atomic E-state index is 0.0142. The van der Waals surface area contributed by atoms with E-state index in [4.69, 9.17) is 0 Å². The normalized spacial score (nSPS) is 23.8. The summed E-state index contributed by atoms with van der Waals surface area (Å²) in [4.78, 5) is 14.3. The monoisotopic (exact) mass is 370 g/mol. The summed E-state index contributed by atoms with van der Waals surface area (Å²) in [7, 11) is -3.37. The zero-order valence-corrected chi connectivity index (χ0v) is 15.4. The van der Waals surface area contributed by atoms with Gasteiger partial charge in [0.05, 0.1) is 5.75 Å². The molecule has 0 aromatic heterocycles. The van der Waals surface area contributed by atoms with E-state index < -0.39 is 10.0 Å². The van der Waals surface area contributed by atoms with Gasteiger partial charge in [0.15, 0.2) is 0 Å². The third kappa shape index (κ3) is 3.27.